The highest BCUT2D eigenvalue weighted by atomic mass is 16.3. The smallest absolute Gasteiger partial charge is 0.267 e. The second-order valence-electron chi connectivity index (χ2n) is 5.38. The van der Waals surface area contributed by atoms with Gasteiger partial charge in [0, 0.05) is 25.1 Å². The molecule has 0 bridgehead atoms. The van der Waals surface area contributed by atoms with E-state index in [2.05, 4.69) is 5.32 Å². The molecule has 23 heavy (non-hydrogen) atoms. The Balaban J connectivity index is 2.55. The lowest BCUT2D eigenvalue weighted by Crippen LogP contribution is -2.34. The van der Waals surface area contributed by atoms with Crippen molar-refractivity contribution in [2.45, 2.75) is 32.7 Å². The predicted molar refractivity (Wildman–Crippen MR) is 88.8 cm³/mol. The highest BCUT2D eigenvalue weighted by Gasteiger charge is 2.21. The average Bonchev–Trinajstić information content (AvgIpc) is 2.55. The summed E-state index contributed by atoms with van der Waals surface area (Å²) in [5.74, 6) is -0.906. The molecule has 1 amide bonds. The zero-order valence-corrected chi connectivity index (χ0v) is 13.2. The molecule has 124 valence electrons. The lowest BCUT2D eigenvalue weighted by atomic mass is 10.1. The Morgan fingerprint density at radius 1 is 1.26 bits per heavy atom. The molecule has 0 aliphatic rings. The van der Waals surface area contributed by atoms with Crippen molar-refractivity contribution >= 4 is 16.8 Å². The quantitative estimate of drug-likeness (QED) is 0.677. The molecule has 0 spiro atoms. The molecule has 3 N–H and O–H groups in total. The van der Waals surface area contributed by atoms with E-state index in [0.717, 1.165) is 12.8 Å². The van der Waals surface area contributed by atoms with E-state index in [1.165, 1.54) is 0 Å². The van der Waals surface area contributed by atoms with Gasteiger partial charge in [0.25, 0.3) is 11.5 Å². The Labute approximate surface area is 134 Å². The molecule has 6 heteroatoms. The first-order chi connectivity index (χ1) is 11.1. The predicted octanol–water partition coefficient (Wildman–Crippen LogP) is 1.62. The van der Waals surface area contributed by atoms with E-state index >= 15 is 0 Å². The van der Waals surface area contributed by atoms with Gasteiger partial charge in [0.2, 0.25) is 0 Å². The van der Waals surface area contributed by atoms with E-state index in [-0.39, 0.29) is 24.5 Å². The SMILES string of the molecule is CCCCn1c(=O)c(C(=O)NCCCO)c(O)c2ccccc21. The number of benzene rings is 1. The van der Waals surface area contributed by atoms with Gasteiger partial charge in [-0.25, -0.2) is 0 Å². The van der Waals surface area contributed by atoms with Gasteiger partial charge in [-0.3, -0.25) is 9.59 Å². The van der Waals surface area contributed by atoms with Gasteiger partial charge in [-0.1, -0.05) is 25.5 Å². The molecule has 0 atom stereocenters. The number of nitrogens with zero attached hydrogens (tertiary/aromatic N) is 1. The number of hydrogen-bond acceptors (Lipinski definition) is 4. The molecular weight excluding hydrogens is 296 g/mol. The van der Waals surface area contributed by atoms with E-state index < -0.39 is 11.5 Å². The largest absolute Gasteiger partial charge is 0.506 e. The first kappa shape index (κ1) is 17.0. The topological polar surface area (TPSA) is 91.6 Å². The van der Waals surface area contributed by atoms with Gasteiger partial charge < -0.3 is 20.1 Å². The van der Waals surface area contributed by atoms with Crippen LogP contribution in [0.15, 0.2) is 29.1 Å². The Bertz CT molecular complexity index is 752. The summed E-state index contributed by atoms with van der Waals surface area (Å²) in [5.41, 5.74) is -0.107. The summed E-state index contributed by atoms with van der Waals surface area (Å²) in [4.78, 5) is 24.9. The number of aromatic nitrogens is 1. The summed E-state index contributed by atoms with van der Waals surface area (Å²) in [6, 6.07) is 7.01. The fraction of sp³-hybridized carbons (Fsp3) is 0.412. The Kier molecular flexibility index (Phi) is 5.76. The lowest BCUT2D eigenvalue weighted by Gasteiger charge is -2.14. The number of para-hydroxylation sites is 1. The Morgan fingerprint density at radius 3 is 2.70 bits per heavy atom. The van der Waals surface area contributed by atoms with Crippen molar-refractivity contribution in [2.24, 2.45) is 0 Å². The summed E-state index contributed by atoms with van der Waals surface area (Å²) in [5, 5.41) is 22.2. The Morgan fingerprint density at radius 2 is 2.00 bits per heavy atom. The number of pyridine rings is 1. The Hall–Kier alpha value is -2.34. The molecule has 0 aliphatic carbocycles. The third-order valence-corrected chi connectivity index (χ3v) is 3.73. The van der Waals surface area contributed by atoms with Gasteiger partial charge in [0.15, 0.2) is 0 Å². The molecule has 0 aliphatic heterocycles. The van der Waals surface area contributed by atoms with Crippen LogP contribution in [0.5, 0.6) is 5.75 Å². The van der Waals surface area contributed by atoms with Crippen LogP contribution in [-0.2, 0) is 6.54 Å². The molecular formula is C17H22N2O4. The molecule has 0 saturated heterocycles. The summed E-state index contributed by atoms with van der Waals surface area (Å²) in [6.45, 7) is 2.71. The monoisotopic (exact) mass is 318 g/mol. The lowest BCUT2D eigenvalue weighted by molar-refractivity contribution is 0.0946. The van der Waals surface area contributed by atoms with Crippen molar-refractivity contribution in [3.63, 3.8) is 0 Å². The van der Waals surface area contributed by atoms with Crippen molar-refractivity contribution in [2.75, 3.05) is 13.2 Å². The number of aliphatic hydroxyl groups is 1. The molecule has 0 unspecified atom stereocenters. The zero-order valence-electron chi connectivity index (χ0n) is 13.2. The number of nitrogens with one attached hydrogen (secondary N) is 1. The van der Waals surface area contributed by atoms with Crippen LogP contribution in [0.1, 0.15) is 36.5 Å². The number of hydrogen-bond donors (Lipinski definition) is 3. The fourth-order valence-electron chi connectivity index (χ4n) is 2.50. The van der Waals surface area contributed by atoms with Crippen LogP contribution in [0.25, 0.3) is 10.9 Å². The summed E-state index contributed by atoms with van der Waals surface area (Å²) in [7, 11) is 0. The minimum absolute atomic E-state index is 0.0509. The number of amides is 1. The fourth-order valence-corrected chi connectivity index (χ4v) is 2.50. The minimum Gasteiger partial charge on any atom is -0.506 e. The zero-order chi connectivity index (χ0) is 16.8. The molecule has 0 radical (unpaired) electrons. The van der Waals surface area contributed by atoms with Gasteiger partial charge in [-0.05, 0) is 25.0 Å². The molecule has 2 aromatic rings. The second kappa shape index (κ2) is 7.78. The number of carbonyl (C=O) groups is 1. The first-order valence-corrected chi connectivity index (χ1v) is 7.85. The number of fused-ring (bicyclic) bond motifs is 1. The van der Waals surface area contributed by atoms with E-state index in [1.807, 2.05) is 6.92 Å². The van der Waals surface area contributed by atoms with Crippen LogP contribution in [0.2, 0.25) is 0 Å². The van der Waals surface area contributed by atoms with Crippen LogP contribution in [-0.4, -0.2) is 33.8 Å². The van der Waals surface area contributed by atoms with Gasteiger partial charge in [0.1, 0.15) is 11.3 Å². The van der Waals surface area contributed by atoms with Crippen molar-refractivity contribution in [3.05, 3.63) is 40.2 Å². The van der Waals surface area contributed by atoms with E-state index in [4.69, 9.17) is 5.11 Å². The minimum atomic E-state index is -0.614. The van der Waals surface area contributed by atoms with Crippen LogP contribution in [0, 0.1) is 0 Å². The number of carbonyl (C=O) groups excluding carboxylic acids is 1. The van der Waals surface area contributed by atoms with Gasteiger partial charge >= 0.3 is 0 Å². The van der Waals surface area contributed by atoms with Crippen molar-refractivity contribution in [3.8, 4) is 5.75 Å². The molecule has 6 nitrogen and oxygen atoms in total. The number of unbranched alkanes of at least 4 members (excludes halogenated alkanes) is 1. The maximum atomic E-state index is 12.7. The van der Waals surface area contributed by atoms with Crippen LogP contribution in [0.4, 0.5) is 0 Å². The van der Waals surface area contributed by atoms with Crippen LogP contribution < -0.4 is 10.9 Å². The number of aromatic hydroxyl groups is 1. The molecule has 1 aromatic carbocycles. The molecule has 2 rings (SSSR count). The summed E-state index contributed by atoms with van der Waals surface area (Å²) < 4.78 is 1.54. The maximum absolute atomic E-state index is 12.7. The second-order valence-corrected chi connectivity index (χ2v) is 5.38. The third kappa shape index (κ3) is 3.53. The maximum Gasteiger partial charge on any atom is 0.267 e. The molecule has 1 heterocycles. The number of aryl methyl sites for hydroxylation is 1. The molecule has 0 fully saturated rings. The van der Waals surface area contributed by atoms with E-state index in [1.54, 1.807) is 28.8 Å². The summed E-state index contributed by atoms with van der Waals surface area (Å²) >= 11 is 0. The third-order valence-electron chi connectivity index (χ3n) is 3.73. The number of rotatable bonds is 7. The molecule has 1 aromatic heterocycles. The van der Waals surface area contributed by atoms with Crippen LogP contribution >= 0.6 is 0 Å². The first-order valence-electron chi connectivity index (χ1n) is 7.85. The van der Waals surface area contributed by atoms with Gasteiger partial charge in [-0.2, -0.15) is 0 Å². The van der Waals surface area contributed by atoms with Gasteiger partial charge in [0.05, 0.1) is 5.52 Å². The number of aliphatic hydroxyl groups excluding tert-OH is 1. The standard InChI is InChI=1S/C17H22N2O4/c1-2-3-10-19-13-8-5-4-7-12(13)15(21)14(17(19)23)16(22)18-9-6-11-20/h4-5,7-8,20-21H,2-3,6,9-11H2,1H3,(H,18,22). The average molecular weight is 318 g/mol. The highest BCUT2D eigenvalue weighted by Crippen LogP contribution is 2.26. The van der Waals surface area contributed by atoms with E-state index in [9.17, 15) is 14.7 Å². The van der Waals surface area contributed by atoms with Crippen molar-refractivity contribution in [1.29, 1.82) is 0 Å². The van der Waals surface area contributed by atoms with Crippen molar-refractivity contribution < 1.29 is 15.0 Å². The van der Waals surface area contributed by atoms with Gasteiger partial charge in [-0.15, -0.1) is 0 Å². The molecule has 0 saturated carbocycles. The summed E-state index contributed by atoms with van der Waals surface area (Å²) in [6.07, 6.45) is 2.12. The van der Waals surface area contributed by atoms with E-state index in [0.29, 0.717) is 23.9 Å². The normalized spacial score (nSPS) is 10.9. The highest BCUT2D eigenvalue weighted by molar-refractivity contribution is 6.02. The van der Waals surface area contributed by atoms with Crippen molar-refractivity contribution in [1.82, 2.24) is 9.88 Å². The van der Waals surface area contributed by atoms with Crippen LogP contribution in [0.3, 0.4) is 0 Å².